The summed E-state index contributed by atoms with van der Waals surface area (Å²) < 4.78 is 5.31. The number of amides is 1. The van der Waals surface area contributed by atoms with E-state index in [0.29, 0.717) is 13.0 Å². The fraction of sp³-hybridized carbons (Fsp3) is 0.556. The summed E-state index contributed by atoms with van der Waals surface area (Å²) in [6.45, 7) is 5.87. The molecule has 0 bridgehead atoms. The third kappa shape index (κ3) is 7.19. The van der Waals surface area contributed by atoms with Crippen LogP contribution in [0.3, 0.4) is 0 Å². The summed E-state index contributed by atoms with van der Waals surface area (Å²) in [7, 11) is 1.76. The Morgan fingerprint density at radius 1 is 1.28 bits per heavy atom. The van der Waals surface area contributed by atoms with Crippen molar-refractivity contribution in [1.82, 2.24) is 10.6 Å². The Morgan fingerprint density at radius 2 is 2.04 bits per heavy atom. The van der Waals surface area contributed by atoms with Crippen molar-refractivity contribution < 1.29 is 9.53 Å². The molecule has 0 radical (unpaired) electrons. The molecule has 6 nitrogen and oxygen atoms in total. The number of carbonyl (C=O) groups is 1. The number of ether oxygens (including phenoxy) is 1. The monoisotopic (exact) mass is 460 g/mol. The number of anilines is 1. The molecule has 7 heteroatoms. The molecule has 2 N–H and O–H groups in total. The fourth-order valence-corrected chi connectivity index (χ4v) is 2.65. The molecule has 0 unspecified atom stereocenters. The fourth-order valence-electron chi connectivity index (χ4n) is 2.65. The highest BCUT2D eigenvalue weighted by Crippen LogP contribution is 2.21. The van der Waals surface area contributed by atoms with Crippen molar-refractivity contribution in [3.05, 3.63) is 29.8 Å². The molecule has 1 aliphatic rings. The van der Waals surface area contributed by atoms with Crippen LogP contribution in [0.4, 0.5) is 5.69 Å². The largest absolute Gasteiger partial charge is 0.382 e. The van der Waals surface area contributed by atoms with Gasteiger partial charge in [-0.25, -0.2) is 0 Å². The number of carbonyl (C=O) groups excluding carboxylic acids is 1. The molecule has 1 aromatic rings. The SMILES string of the molecule is CCOCCCNC(=NC)NCc1ccc(N2CCCC2=O)cc1.I. The Bertz CT molecular complexity index is 549. The predicted molar refractivity (Wildman–Crippen MR) is 113 cm³/mol. The summed E-state index contributed by atoms with van der Waals surface area (Å²) >= 11 is 0. The zero-order valence-electron chi connectivity index (χ0n) is 15.1. The summed E-state index contributed by atoms with van der Waals surface area (Å²) in [6, 6.07) is 8.13. The first-order chi connectivity index (χ1) is 11.7. The average Bonchev–Trinajstić information content (AvgIpc) is 3.04. The molecule has 2 rings (SSSR count). The van der Waals surface area contributed by atoms with Gasteiger partial charge >= 0.3 is 0 Å². The average molecular weight is 460 g/mol. The van der Waals surface area contributed by atoms with Gasteiger partial charge in [-0.1, -0.05) is 12.1 Å². The van der Waals surface area contributed by atoms with Crippen LogP contribution in [0, 0.1) is 0 Å². The van der Waals surface area contributed by atoms with Crippen LogP contribution >= 0.6 is 24.0 Å². The highest BCUT2D eigenvalue weighted by Gasteiger charge is 2.21. The van der Waals surface area contributed by atoms with Crippen molar-refractivity contribution in [3.63, 3.8) is 0 Å². The molecule has 25 heavy (non-hydrogen) atoms. The van der Waals surface area contributed by atoms with E-state index in [2.05, 4.69) is 27.8 Å². The van der Waals surface area contributed by atoms with Gasteiger partial charge in [0.15, 0.2) is 5.96 Å². The van der Waals surface area contributed by atoms with Gasteiger partial charge in [0.1, 0.15) is 0 Å². The number of nitrogens with one attached hydrogen (secondary N) is 2. The van der Waals surface area contributed by atoms with E-state index >= 15 is 0 Å². The quantitative estimate of drug-likeness (QED) is 0.271. The lowest BCUT2D eigenvalue weighted by Gasteiger charge is -2.16. The van der Waals surface area contributed by atoms with Gasteiger partial charge in [-0.3, -0.25) is 9.79 Å². The Balaban J connectivity index is 0.00000312. The third-order valence-electron chi connectivity index (χ3n) is 3.97. The van der Waals surface area contributed by atoms with Crippen LogP contribution in [0.1, 0.15) is 31.7 Å². The number of guanidine groups is 1. The maximum absolute atomic E-state index is 11.8. The number of rotatable bonds is 8. The molecule has 1 heterocycles. The van der Waals surface area contributed by atoms with Gasteiger partial charge < -0.3 is 20.3 Å². The lowest BCUT2D eigenvalue weighted by molar-refractivity contribution is -0.117. The van der Waals surface area contributed by atoms with Gasteiger partial charge in [-0.2, -0.15) is 0 Å². The Morgan fingerprint density at radius 3 is 2.64 bits per heavy atom. The summed E-state index contributed by atoms with van der Waals surface area (Å²) in [5.74, 6) is 1.00. The maximum Gasteiger partial charge on any atom is 0.227 e. The normalized spacial score (nSPS) is 14.4. The first kappa shape index (κ1) is 21.7. The first-order valence-corrected chi connectivity index (χ1v) is 8.66. The molecule has 0 spiro atoms. The lowest BCUT2D eigenvalue weighted by Crippen LogP contribution is -2.37. The van der Waals surface area contributed by atoms with Crippen LogP contribution < -0.4 is 15.5 Å². The zero-order valence-corrected chi connectivity index (χ0v) is 17.4. The minimum absolute atomic E-state index is 0. The van der Waals surface area contributed by atoms with Crippen molar-refractivity contribution in [1.29, 1.82) is 0 Å². The van der Waals surface area contributed by atoms with Crippen molar-refractivity contribution in [2.75, 3.05) is 38.3 Å². The van der Waals surface area contributed by atoms with E-state index in [1.807, 2.05) is 24.0 Å². The second kappa shape index (κ2) is 12.1. The second-order valence-electron chi connectivity index (χ2n) is 5.72. The van der Waals surface area contributed by atoms with Crippen LogP contribution in [-0.2, 0) is 16.1 Å². The summed E-state index contributed by atoms with van der Waals surface area (Å²) in [6.07, 6.45) is 2.56. The van der Waals surface area contributed by atoms with E-state index in [1.165, 1.54) is 0 Å². The Hall–Kier alpha value is -1.35. The Labute approximate surface area is 167 Å². The molecule has 0 saturated carbocycles. The van der Waals surface area contributed by atoms with Gasteiger partial charge in [0.2, 0.25) is 5.91 Å². The first-order valence-electron chi connectivity index (χ1n) is 8.66. The highest BCUT2D eigenvalue weighted by molar-refractivity contribution is 14.0. The molecule has 1 aliphatic heterocycles. The minimum atomic E-state index is 0. The molecular weight excluding hydrogens is 431 g/mol. The van der Waals surface area contributed by atoms with E-state index in [0.717, 1.165) is 56.4 Å². The number of hydrogen-bond acceptors (Lipinski definition) is 3. The molecule has 0 aliphatic carbocycles. The third-order valence-corrected chi connectivity index (χ3v) is 3.97. The van der Waals surface area contributed by atoms with Crippen LogP contribution in [0.2, 0.25) is 0 Å². The summed E-state index contributed by atoms with van der Waals surface area (Å²) in [5.41, 5.74) is 2.14. The van der Waals surface area contributed by atoms with Crippen LogP contribution in [0.5, 0.6) is 0 Å². The molecule has 1 saturated heterocycles. The second-order valence-corrected chi connectivity index (χ2v) is 5.72. The van der Waals surface area contributed by atoms with Crippen molar-refractivity contribution >= 4 is 41.5 Å². The van der Waals surface area contributed by atoms with Crippen LogP contribution in [0.25, 0.3) is 0 Å². The van der Waals surface area contributed by atoms with Gasteiger partial charge in [0.25, 0.3) is 0 Å². The highest BCUT2D eigenvalue weighted by atomic mass is 127. The molecule has 1 amide bonds. The number of hydrogen-bond donors (Lipinski definition) is 2. The van der Waals surface area contributed by atoms with E-state index in [-0.39, 0.29) is 29.9 Å². The predicted octanol–water partition coefficient (Wildman–Crippen LogP) is 2.52. The van der Waals surface area contributed by atoms with Gasteiger partial charge in [0, 0.05) is 52.0 Å². The number of benzene rings is 1. The number of halogens is 1. The molecule has 1 fully saturated rings. The molecular formula is C18H29IN4O2. The molecule has 1 aromatic carbocycles. The van der Waals surface area contributed by atoms with E-state index in [1.54, 1.807) is 7.05 Å². The van der Waals surface area contributed by atoms with Crippen molar-refractivity contribution in [2.24, 2.45) is 4.99 Å². The minimum Gasteiger partial charge on any atom is -0.382 e. The summed E-state index contributed by atoms with van der Waals surface area (Å²) in [4.78, 5) is 17.8. The zero-order chi connectivity index (χ0) is 17.2. The number of aliphatic imine (C=N–C) groups is 1. The maximum atomic E-state index is 11.8. The smallest absolute Gasteiger partial charge is 0.227 e. The van der Waals surface area contributed by atoms with Crippen molar-refractivity contribution in [3.8, 4) is 0 Å². The number of nitrogens with zero attached hydrogens (tertiary/aromatic N) is 2. The lowest BCUT2D eigenvalue weighted by atomic mass is 10.2. The van der Waals surface area contributed by atoms with Gasteiger partial charge in [-0.05, 0) is 37.5 Å². The van der Waals surface area contributed by atoms with Gasteiger partial charge in [0.05, 0.1) is 0 Å². The van der Waals surface area contributed by atoms with E-state index in [4.69, 9.17) is 4.74 Å². The topological polar surface area (TPSA) is 66.0 Å². The van der Waals surface area contributed by atoms with Gasteiger partial charge in [-0.15, -0.1) is 24.0 Å². The van der Waals surface area contributed by atoms with Crippen LogP contribution in [-0.4, -0.2) is 45.2 Å². The van der Waals surface area contributed by atoms with Crippen LogP contribution in [0.15, 0.2) is 29.3 Å². The molecule has 0 aromatic heterocycles. The summed E-state index contributed by atoms with van der Waals surface area (Å²) in [5, 5.41) is 6.56. The van der Waals surface area contributed by atoms with E-state index in [9.17, 15) is 4.79 Å². The van der Waals surface area contributed by atoms with Crippen molar-refractivity contribution in [2.45, 2.75) is 32.7 Å². The van der Waals surface area contributed by atoms with E-state index < -0.39 is 0 Å². The standard InChI is InChI=1S/C18H28N4O2.HI/c1-3-24-13-5-11-20-18(19-2)21-14-15-7-9-16(10-8-15)22-12-4-6-17(22)23;/h7-10H,3-6,11-14H2,1-2H3,(H2,19,20,21);1H. The molecule has 0 atom stereocenters. The molecule has 140 valence electrons. The Kier molecular flexibility index (Phi) is 10.5.